The van der Waals surface area contributed by atoms with E-state index in [1.807, 2.05) is 91.1 Å². The summed E-state index contributed by atoms with van der Waals surface area (Å²) in [4.78, 5) is 5.15. The van der Waals surface area contributed by atoms with E-state index in [0.717, 1.165) is 59.4 Å². The molecule has 370 valence electrons. The number of nitrogens with zero attached hydrogens (tertiary/aromatic N) is 1. The first kappa shape index (κ1) is 52.0. The highest BCUT2D eigenvalue weighted by Crippen LogP contribution is 2.42. The molecular formula is C64H80N2O4. The molecule has 0 aliphatic heterocycles. The molecular weight excluding hydrogens is 861 g/mol. The lowest BCUT2D eigenvalue weighted by atomic mass is 9.85. The van der Waals surface area contributed by atoms with Gasteiger partial charge in [-0.05, 0) is 111 Å². The Morgan fingerprint density at radius 2 is 0.943 bits per heavy atom. The summed E-state index contributed by atoms with van der Waals surface area (Å²) in [5.41, 5.74) is 15.3. The second-order valence-corrected chi connectivity index (χ2v) is 21.5. The Hall–Kier alpha value is -5.85. The average molecular weight is 941 g/mol. The maximum atomic E-state index is 11.9. The van der Waals surface area contributed by atoms with Crippen molar-refractivity contribution in [3.63, 3.8) is 0 Å². The molecule has 0 spiro atoms. The van der Waals surface area contributed by atoms with Crippen molar-refractivity contribution in [2.75, 3.05) is 0 Å². The van der Waals surface area contributed by atoms with Gasteiger partial charge in [-0.2, -0.15) is 0 Å². The maximum absolute atomic E-state index is 11.9. The molecule has 6 nitrogen and oxygen atoms in total. The quantitative estimate of drug-likeness (QED) is 0.0705. The lowest BCUT2D eigenvalue weighted by Gasteiger charge is -2.30. The summed E-state index contributed by atoms with van der Waals surface area (Å²) < 4.78 is 13.4. The number of aromatic hydroxyl groups is 2. The van der Waals surface area contributed by atoms with Gasteiger partial charge < -0.3 is 25.0 Å². The fourth-order valence-corrected chi connectivity index (χ4v) is 10.3. The lowest BCUT2D eigenvalue weighted by molar-refractivity contribution is 0.303. The fraction of sp³-hybridized carbons (Fsp3) is 0.422. The van der Waals surface area contributed by atoms with Crippen molar-refractivity contribution in [3.8, 4) is 45.3 Å². The van der Waals surface area contributed by atoms with E-state index >= 15 is 0 Å². The van der Waals surface area contributed by atoms with Crippen LogP contribution in [-0.4, -0.2) is 28.5 Å². The van der Waals surface area contributed by atoms with Gasteiger partial charge in [-0.25, -0.2) is 0 Å². The molecule has 6 aromatic rings. The van der Waals surface area contributed by atoms with Crippen LogP contribution >= 0.6 is 0 Å². The van der Waals surface area contributed by atoms with Gasteiger partial charge in [-0.1, -0.05) is 187 Å². The monoisotopic (exact) mass is 941 g/mol. The fourth-order valence-electron chi connectivity index (χ4n) is 10.3. The standard InChI is InChI=1S/C64H80N2O4/c1-39(2)47-31-53(41(5)6)57(54(32-47)42(7)8)37-69-61-29-17-13-23-49(61)51-25-19-21-45(63(51)67)35-65-59-27-15-16-28-60(59)66-36-46-22-20-26-52(64(46)68)50-24-14-18-30-62(50)70-38-58-55(43(9)10)33-48(40(3)4)34-56(58)44(11)12/h13-14,17-26,29-35,39-44,59-60,66-68H,15-16,27-28,36-38H2,1-12H3/t59-,60?/m0/s1. The SMILES string of the molecule is CC(C)c1cc(C(C)C)c(COc2ccccc2-c2cccc(C=N[C@H]3CCCCC3NCc3cccc(-c4ccccc4OCc4c(C(C)C)cc(C(C)C)cc4C(C)C)c3O)c2O)c(C(C)C)c1. The first-order valence-electron chi connectivity index (χ1n) is 26.2. The molecule has 0 aromatic heterocycles. The van der Waals surface area contributed by atoms with Gasteiger partial charge in [0, 0.05) is 52.2 Å². The zero-order chi connectivity index (χ0) is 50.2. The zero-order valence-corrected chi connectivity index (χ0v) is 44.2. The number of phenols is 2. The van der Waals surface area contributed by atoms with Crippen LogP contribution in [0.15, 0.2) is 114 Å². The first-order chi connectivity index (χ1) is 33.5. The minimum Gasteiger partial charge on any atom is -0.507 e. The van der Waals surface area contributed by atoms with E-state index < -0.39 is 0 Å². The van der Waals surface area contributed by atoms with Crippen molar-refractivity contribution in [1.82, 2.24) is 5.32 Å². The third kappa shape index (κ3) is 12.0. The molecule has 1 aliphatic rings. The van der Waals surface area contributed by atoms with E-state index in [-0.39, 0.29) is 23.6 Å². The number of phenolic OH excluding ortho intramolecular Hbond substituents is 2. The van der Waals surface area contributed by atoms with Gasteiger partial charge in [0.2, 0.25) is 0 Å². The molecule has 0 bridgehead atoms. The van der Waals surface area contributed by atoms with E-state index in [9.17, 15) is 10.2 Å². The second kappa shape index (κ2) is 23.4. The summed E-state index contributed by atoms with van der Waals surface area (Å²) in [5.74, 6) is 4.25. The van der Waals surface area contributed by atoms with Crippen LogP contribution in [0.1, 0.15) is 200 Å². The van der Waals surface area contributed by atoms with Gasteiger partial charge in [-0.3, -0.25) is 4.99 Å². The Morgan fingerprint density at radius 3 is 1.41 bits per heavy atom. The molecule has 6 heteroatoms. The molecule has 0 amide bonds. The molecule has 0 heterocycles. The molecule has 2 atom stereocenters. The van der Waals surface area contributed by atoms with Gasteiger partial charge in [0.05, 0.1) is 6.04 Å². The molecule has 1 saturated carbocycles. The topological polar surface area (TPSA) is 83.3 Å². The van der Waals surface area contributed by atoms with Crippen LogP contribution in [0.3, 0.4) is 0 Å². The van der Waals surface area contributed by atoms with E-state index in [0.29, 0.717) is 66.4 Å². The second-order valence-electron chi connectivity index (χ2n) is 21.5. The summed E-state index contributed by atoms with van der Waals surface area (Å²) in [6, 6.07) is 37.5. The minimum atomic E-state index is 0.0142. The van der Waals surface area contributed by atoms with Crippen LogP contribution in [0.2, 0.25) is 0 Å². The smallest absolute Gasteiger partial charge is 0.132 e. The predicted octanol–water partition coefficient (Wildman–Crippen LogP) is 16.9. The van der Waals surface area contributed by atoms with Crippen LogP contribution in [0, 0.1) is 0 Å². The third-order valence-corrected chi connectivity index (χ3v) is 14.5. The highest BCUT2D eigenvalue weighted by atomic mass is 16.5. The molecule has 0 radical (unpaired) electrons. The van der Waals surface area contributed by atoms with Crippen molar-refractivity contribution in [2.45, 2.75) is 176 Å². The molecule has 7 rings (SSSR count). The van der Waals surface area contributed by atoms with Gasteiger partial charge in [-0.15, -0.1) is 0 Å². The van der Waals surface area contributed by atoms with E-state index in [1.54, 1.807) is 0 Å². The third-order valence-electron chi connectivity index (χ3n) is 14.5. The lowest BCUT2D eigenvalue weighted by Crippen LogP contribution is -2.40. The van der Waals surface area contributed by atoms with E-state index in [2.05, 4.69) is 113 Å². The van der Waals surface area contributed by atoms with Gasteiger partial charge in [0.25, 0.3) is 0 Å². The Balaban J connectivity index is 1.07. The Bertz CT molecular complexity index is 2680. The normalized spacial score (nSPS) is 15.4. The van der Waals surface area contributed by atoms with Crippen molar-refractivity contribution in [3.05, 3.63) is 165 Å². The molecule has 1 fully saturated rings. The number of hydrogen-bond acceptors (Lipinski definition) is 6. The molecule has 6 aromatic carbocycles. The number of rotatable bonds is 19. The highest BCUT2D eigenvalue weighted by molar-refractivity contribution is 5.89. The Labute approximate surface area is 420 Å². The van der Waals surface area contributed by atoms with Crippen LogP contribution in [0.25, 0.3) is 22.3 Å². The summed E-state index contributed by atoms with van der Waals surface area (Å²) in [6.07, 6.45) is 5.95. The summed E-state index contributed by atoms with van der Waals surface area (Å²) in [7, 11) is 0. The number of aliphatic imine (C=N–C) groups is 1. The Kier molecular flexibility index (Phi) is 17.4. The van der Waals surface area contributed by atoms with Crippen LogP contribution < -0.4 is 14.8 Å². The van der Waals surface area contributed by atoms with Crippen molar-refractivity contribution < 1.29 is 19.7 Å². The maximum Gasteiger partial charge on any atom is 0.132 e. The van der Waals surface area contributed by atoms with E-state index in [1.165, 1.54) is 44.5 Å². The van der Waals surface area contributed by atoms with Crippen molar-refractivity contribution in [2.24, 2.45) is 4.99 Å². The van der Waals surface area contributed by atoms with Crippen LogP contribution in [0.5, 0.6) is 23.0 Å². The molecule has 1 unspecified atom stereocenters. The van der Waals surface area contributed by atoms with Crippen LogP contribution in [0.4, 0.5) is 0 Å². The summed E-state index contributed by atoms with van der Waals surface area (Å²) >= 11 is 0. The molecule has 1 aliphatic carbocycles. The number of ether oxygens (including phenoxy) is 2. The number of hydrogen-bond donors (Lipinski definition) is 3. The molecule has 3 N–H and O–H groups in total. The molecule has 0 saturated heterocycles. The number of para-hydroxylation sites is 4. The number of nitrogens with one attached hydrogen (secondary N) is 1. The Morgan fingerprint density at radius 1 is 0.514 bits per heavy atom. The van der Waals surface area contributed by atoms with Crippen LogP contribution in [-0.2, 0) is 19.8 Å². The average Bonchev–Trinajstić information content (AvgIpc) is 3.34. The van der Waals surface area contributed by atoms with Gasteiger partial charge in [0.15, 0.2) is 0 Å². The van der Waals surface area contributed by atoms with E-state index in [4.69, 9.17) is 14.5 Å². The highest BCUT2D eigenvalue weighted by Gasteiger charge is 2.26. The van der Waals surface area contributed by atoms with Gasteiger partial charge in [0.1, 0.15) is 36.2 Å². The minimum absolute atomic E-state index is 0.0142. The van der Waals surface area contributed by atoms with Crippen molar-refractivity contribution in [1.29, 1.82) is 0 Å². The first-order valence-corrected chi connectivity index (χ1v) is 26.2. The zero-order valence-electron chi connectivity index (χ0n) is 44.2. The predicted molar refractivity (Wildman–Crippen MR) is 294 cm³/mol. The number of benzene rings is 6. The van der Waals surface area contributed by atoms with Crippen molar-refractivity contribution >= 4 is 6.21 Å². The summed E-state index contributed by atoms with van der Waals surface area (Å²) in [5, 5.41) is 27.6. The molecule has 70 heavy (non-hydrogen) atoms. The van der Waals surface area contributed by atoms with Gasteiger partial charge >= 0.3 is 0 Å². The largest absolute Gasteiger partial charge is 0.507 e. The summed E-state index contributed by atoms with van der Waals surface area (Å²) in [6.45, 7) is 28.5.